The monoisotopic (exact) mass is 476 g/mol. The maximum absolute atomic E-state index is 13.4. The first-order valence-corrected chi connectivity index (χ1v) is 11.3. The zero-order valence-electron chi connectivity index (χ0n) is 19.6. The van der Waals surface area contributed by atoms with Gasteiger partial charge in [-0.2, -0.15) is 4.98 Å². The van der Waals surface area contributed by atoms with E-state index in [1.165, 1.54) is 24.8 Å². The summed E-state index contributed by atoms with van der Waals surface area (Å²) in [5, 5.41) is 20.5. The maximum Gasteiger partial charge on any atom is 0.246 e. The van der Waals surface area contributed by atoms with Crippen molar-refractivity contribution in [2.75, 3.05) is 24.2 Å². The maximum atomic E-state index is 13.4. The van der Waals surface area contributed by atoms with E-state index in [0.717, 1.165) is 12.8 Å². The number of aliphatic hydroxyl groups excluding tert-OH is 1. The summed E-state index contributed by atoms with van der Waals surface area (Å²) in [7, 11) is 0. The zero-order chi connectivity index (χ0) is 25.2. The number of aliphatic imine (C=N–C) groups is 1. The Kier molecular flexibility index (Phi) is 6.70. The van der Waals surface area contributed by atoms with Gasteiger partial charge in [0.2, 0.25) is 11.9 Å². The van der Waals surface area contributed by atoms with Crippen LogP contribution < -0.4 is 11.1 Å². The predicted molar refractivity (Wildman–Crippen MR) is 133 cm³/mol. The van der Waals surface area contributed by atoms with Crippen LogP contribution in [0.4, 0.5) is 11.6 Å². The number of nitrogen functional groups attached to an aromatic ring is 1. The number of rotatable bonds is 10. The SMILES string of the molecule is CC(C)(CO)n1cc(C(=O)c2cncc(NC(=O)CN=CC(C=N)C3CC3)c2)c2cnc(N)nc21. The fourth-order valence-corrected chi connectivity index (χ4v) is 3.77. The third-order valence-corrected chi connectivity index (χ3v) is 6.00. The van der Waals surface area contributed by atoms with E-state index < -0.39 is 5.54 Å². The Bertz CT molecular complexity index is 1310. The molecule has 1 aliphatic rings. The molecule has 3 aromatic rings. The van der Waals surface area contributed by atoms with Gasteiger partial charge in [0.25, 0.3) is 0 Å². The molecule has 0 saturated heterocycles. The van der Waals surface area contributed by atoms with E-state index in [9.17, 15) is 14.7 Å². The topological polar surface area (TPSA) is 172 Å². The first-order chi connectivity index (χ1) is 16.7. The third-order valence-electron chi connectivity index (χ3n) is 6.00. The summed E-state index contributed by atoms with van der Waals surface area (Å²) in [6, 6.07) is 1.54. The highest BCUT2D eigenvalue weighted by molar-refractivity contribution is 6.16. The Balaban J connectivity index is 1.54. The molecular weight excluding hydrogens is 448 g/mol. The lowest BCUT2D eigenvalue weighted by Gasteiger charge is -2.24. The highest BCUT2D eigenvalue weighted by Gasteiger charge is 2.29. The average molecular weight is 477 g/mol. The molecule has 1 saturated carbocycles. The molecule has 1 unspecified atom stereocenters. The molecule has 0 radical (unpaired) electrons. The van der Waals surface area contributed by atoms with Gasteiger partial charge in [0.15, 0.2) is 5.78 Å². The minimum Gasteiger partial charge on any atom is -0.394 e. The molecule has 3 aromatic heterocycles. The number of amides is 1. The smallest absolute Gasteiger partial charge is 0.246 e. The van der Waals surface area contributed by atoms with Gasteiger partial charge in [-0.1, -0.05) is 0 Å². The Morgan fingerprint density at radius 2 is 2.14 bits per heavy atom. The number of aliphatic hydroxyl groups is 1. The molecule has 0 aliphatic heterocycles. The minimum absolute atomic E-state index is 0.0253. The first kappa shape index (κ1) is 24.1. The van der Waals surface area contributed by atoms with Crippen molar-refractivity contribution < 1.29 is 14.7 Å². The molecule has 1 amide bonds. The molecule has 3 heterocycles. The number of fused-ring (bicyclic) bond motifs is 1. The number of aromatic nitrogens is 4. The van der Waals surface area contributed by atoms with Gasteiger partial charge in [-0.15, -0.1) is 0 Å². The minimum atomic E-state index is -0.734. The van der Waals surface area contributed by atoms with Crippen LogP contribution >= 0.6 is 0 Å². The molecule has 0 aromatic carbocycles. The number of nitrogens with zero attached hydrogens (tertiary/aromatic N) is 5. The van der Waals surface area contributed by atoms with Crippen LogP contribution in [0.1, 0.15) is 42.6 Å². The van der Waals surface area contributed by atoms with Crippen molar-refractivity contribution in [1.29, 1.82) is 5.41 Å². The van der Waals surface area contributed by atoms with E-state index in [4.69, 9.17) is 11.1 Å². The molecule has 182 valence electrons. The van der Waals surface area contributed by atoms with Crippen molar-refractivity contribution in [3.8, 4) is 0 Å². The van der Waals surface area contributed by atoms with Crippen molar-refractivity contribution in [3.05, 3.63) is 42.0 Å². The lowest BCUT2D eigenvalue weighted by molar-refractivity contribution is -0.114. The molecule has 0 bridgehead atoms. The number of hydrogen-bond acceptors (Lipinski definition) is 9. The second-order valence-electron chi connectivity index (χ2n) is 9.26. The molecule has 1 aliphatic carbocycles. The Morgan fingerprint density at radius 3 is 2.83 bits per heavy atom. The summed E-state index contributed by atoms with van der Waals surface area (Å²) in [4.78, 5) is 42.3. The summed E-state index contributed by atoms with van der Waals surface area (Å²) in [6.07, 6.45) is 11.1. The molecule has 0 spiro atoms. The number of carbonyl (C=O) groups is 2. The third kappa shape index (κ3) is 5.24. The van der Waals surface area contributed by atoms with E-state index in [1.54, 1.807) is 23.0 Å². The van der Waals surface area contributed by atoms with E-state index in [1.807, 2.05) is 13.8 Å². The van der Waals surface area contributed by atoms with E-state index in [-0.39, 0.29) is 42.3 Å². The second kappa shape index (κ2) is 9.71. The van der Waals surface area contributed by atoms with Gasteiger partial charge in [0.1, 0.15) is 12.2 Å². The summed E-state index contributed by atoms with van der Waals surface area (Å²) in [6.45, 7) is 3.36. The van der Waals surface area contributed by atoms with Gasteiger partial charge < -0.3 is 26.1 Å². The van der Waals surface area contributed by atoms with Crippen LogP contribution in [0.2, 0.25) is 0 Å². The van der Waals surface area contributed by atoms with Crippen LogP contribution in [0.3, 0.4) is 0 Å². The molecule has 4 rings (SSSR count). The summed E-state index contributed by atoms with van der Waals surface area (Å²) in [5.41, 5.74) is 6.42. The van der Waals surface area contributed by atoms with Gasteiger partial charge in [-0.05, 0) is 38.7 Å². The van der Waals surface area contributed by atoms with Gasteiger partial charge in [0.05, 0.1) is 29.6 Å². The number of pyridine rings is 1. The molecule has 11 heteroatoms. The number of nitrogens with one attached hydrogen (secondary N) is 2. The van der Waals surface area contributed by atoms with E-state index >= 15 is 0 Å². The van der Waals surface area contributed by atoms with Crippen LogP contribution in [0.5, 0.6) is 0 Å². The zero-order valence-corrected chi connectivity index (χ0v) is 19.6. The van der Waals surface area contributed by atoms with Crippen molar-refractivity contribution in [2.45, 2.75) is 32.2 Å². The Hall–Kier alpha value is -3.99. The number of nitrogens with two attached hydrogens (primary N) is 1. The van der Waals surface area contributed by atoms with Crippen molar-refractivity contribution in [1.82, 2.24) is 19.5 Å². The number of carbonyl (C=O) groups excluding carboxylic acids is 2. The molecule has 11 nitrogen and oxygen atoms in total. The van der Waals surface area contributed by atoms with Crippen LogP contribution in [-0.4, -0.2) is 61.9 Å². The number of hydrogen-bond donors (Lipinski definition) is 4. The fraction of sp³-hybridized carbons (Fsp3) is 0.375. The summed E-state index contributed by atoms with van der Waals surface area (Å²) < 4.78 is 1.70. The first-order valence-electron chi connectivity index (χ1n) is 11.3. The van der Waals surface area contributed by atoms with Gasteiger partial charge in [-0.25, -0.2) is 4.98 Å². The number of anilines is 2. The molecule has 35 heavy (non-hydrogen) atoms. The predicted octanol–water partition coefficient (Wildman–Crippen LogP) is 2.05. The summed E-state index contributed by atoms with van der Waals surface area (Å²) >= 11 is 0. The Morgan fingerprint density at radius 1 is 1.37 bits per heavy atom. The fourth-order valence-electron chi connectivity index (χ4n) is 3.77. The van der Waals surface area contributed by atoms with E-state index in [2.05, 4.69) is 25.3 Å². The quantitative estimate of drug-likeness (QED) is 0.256. The van der Waals surface area contributed by atoms with Gasteiger partial charge in [-0.3, -0.25) is 19.6 Å². The van der Waals surface area contributed by atoms with E-state index in [0.29, 0.717) is 28.2 Å². The van der Waals surface area contributed by atoms with Crippen LogP contribution in [0.15, 0.2) is 35.8 Å². The van der Waals surface area contributed by atoms with Gasteiger partial charge >= 0.3 is 0 Å². The van der Waals surface area contributed by atoms with Crippen molar-refractivity contribution in [2.24, 2.45) is 16.8 Å². The number of ketones is 1. The average Bonchev–Trinajstić information content (AvgIpc) is 3.61. The molecule has 1 fully saturated rings. The lowest BCUT2D eigenvalue weighted by Crippen LogP contribution is -2.30. The second-order valence-corrected chi connectivity index (χ2v) is 9.26. The van der Waals surface area contributed by atoms with Gasteiger partial charge in [0, 0.05) is 47.9 Å². The molecule has 5 N–H and O–H groups in total. The van der Waals surface area contributed by atoms with Crippen LogP contribution in [-0.2, 0) is 10.3 Å². The normalized spacial score (nSPS) is 14.8. The van der Waals surface area contributed by atoms with Crippen molar-refractivity contribution in [3.63, 3.8) is 0 Å². The van der Waals surface area contributed by atoms with Crippen LogP contribution in [0.25, 0.3) is 11.0 Å². The highest BCUT2D eigenvalue weighted by Crippen LogP contribution is 2.35. The molecular formula is C24H28N8O3. The summed E-state index contributed by atoms with van der Waals surface area (Å²) in [5.74, 6) is -0.194. The standard InChI is InChI=1S/C24H28N8O3/c1-24(2,13-33)32-12-19(18-10-29-23(26)31-22(18)32)21(35)15-5-17(9-27-7-15)30-20(34)11-28-8-16(6-25)14-3-4-14/h5-10,12,14,16,25,33H,3-4,11,13H2,1-2H3,(H,30,34)(H2,26,29,31). The highest BCUT2D eigenvalue weighted by atomic mass is 16.3. The van der Waals surface area contributed by atoms with Crippen LogP contribution in [0, 0.1) is 17.2 Å². The molecule has 1 atom stereocenters. The largest absolute Gasteiger partial charge is 0.394 e. The Labute approximate surface area is 202 Å². The lowest BCUT2D eigenvalue weighted by atomic mass is 10.1. The van der Waals surface area contributed by atoms with Crippen molar-refractivity contribution >= 4 is 46.8 Å².